The predicted molar refractivity (Wildman–Crippen MR) is 79.1 cm³/mol. The van der Waals surface area contributed by atoms with Gasteiger partial charge in [0, 0.05) is 5.02 Å². The van der Waals surface area contributed by atoms with Crippen molar-refractivity contribution in [2.24, 2.45) is 0 Å². The summed E-state index contributed by atoms with van der Waals surface area (Å²) < 4.78 is 31.8. The number of methoxy groups -OCH3 is 1. The molecule has 118 valence electrons. The van der Waals surface area contributed by atoms with E-state index in [0.717, 1.165) is 13.0 Å². The Morgan fingerprint density at radius 3 is 2.48 bits per heavy atom. The number of carboxylic acid groups (broad SMARTS) is 1. The lowest BCUT2D eigenvalue weighted by atomic mass is 10.2. The number of benzene rings is 1. The maximum atomic E-state index is 12.3. The molecule has 0 saturated heterocycles. The van der Waals surface area contributed by atoms with Gasteiger partial charge in [0.15, 0.2) is 5.75 Å². The summed E-state index contributed by atoms with van der Waals surface area (Å²) >= 11 is 8.91. The van der Waals surface area contributed by atoms with Crippen LogP contribution in [0.25, 0.3) is 0 Å². The minimum atomic E-state index is -4.27. The standard InChI is InChI=1S/C11H13BrClNO6S/c1-5(15)9(11(16)17)14-21(18,19)8-4-6(13)3-7(12)10(8)20-2/h3-5,9,14-15H,1-2H3,(H,16,17)/t5-,9+/m1/s1. The molecule has 10 heteroatoms. The summed E-state index contributed by atoms with van der Waals surface area (Å²) in [6.45, 7) is 1.16. The third-order valence-corrected chi connectivity index (χ3v) is 4.75. The number of hydrogen-bond acceptors (Lipinski definition) is 5. The monoisotopic (exact) mass is 401 g/mol. The van der Waals surface area contributed by atoms with Crippen molar-refractivity contribution in [1.82, 2.24) is 4.72 Å². The Kier molecular flexibility index (Phi) is 6.00. The quantitative estimate of drug-likeness (QED) is 0.659. The molecule has 2 atom stereocenters. The molecule has 1 rings (SSSR count). The van der Waals surface area contributed by atoms with Gasteiger partial charge in [-0.15, -0.1) is 0 Å². The van der Waals surface area contributed by atoms with Crippen LogP contribution in [0.5, 0.6) is 5.75 Å². The zero-order chi connectivity index (χ0) is 16.4. The Bertz CT molecular complexity index is 648. The number of sulfonamides is 1. The number of nitrogens with one attached hydrogen (secondary N) is 1. The van der Waals surface area contributed by atoms with Gasteiger partial charge in [-0.3, -0.25) is 4.79 Å². The van der Waals surface area contributed by atoms with E-state index in [-0.39, 0.29) is 15.7 Å². The summed E-state index contributed by atoms with van der Waals surface area (Å²) in [5.74, 6) is -1.53. The third kappa shape index (κ3) is 4.30. The second-order valence-electron chi connectivity index (χ2n) is 4.10. The van der Waals surface area contributed by atoms with Crippen LogP contribution in [-0.4, -0.2) is 43.9 Å². The third-order valence-electron chi connectivity index (χ3n) is 2.50. The van der Waals surface area contributed by atoms with E-state index in [1.165, 1.54) is 13.2 Å². The van der Waals surface area contributed by atoms with Gasteiger partial charge < -0.3 is 14.9 Å². The average molecular weight is 403 g/mol. The van der Waals surface area contributed by atoms with Crippen molar-refractivity contribution in [1.29, 1.82) is 0 Å². The topological polar surface area (TPSA) is 113 Å². The molecule has 0 aromatic heterocycles. The van der Waals surface area contributed by atoms with Crippen molar-refractivity contribution in [3.63, 3.8) is 0 Å². The number of aliphatic hydroxyl groups excluding tert-OH is 1. The average Bonchev–Trinajstić information content (AvgIpc) is 2.34. The van der Waals surface area contributed by atoms with E-state index < -0.39 is 28.1 Å². The van der Waals surface area contributed by atoms with Crippen LogP contribution in [0.15, 0.2) is 21.5 Å². The number of carboxylic acids is 1. The highest BCUT2D eigenvalue weighted by atomic mass is 79.9. The van der Waals surface area contributed by atoms with E-state index in [0.29, 0.717) is 4.47 Å². The summed E-state index contributed by atoms with van der Waals surface area (Å²) in [5.41, 5.74) is 0. The molecular formula is C11H13BrClNO6S. The van der Waals surface area contributed by atoms with Crippen LogP contribution in [0.4, 0.5) is 0 Å². The Morgan fingerprint density at radius 2 is 2.05 bits per heavy atom. The molecule has 0 saturated carbocycles. The van der Waals surface area contributed by atoms with Crippen LogP contribution in [-0.2, 0) is 14.8 Å². The fourth-order valence-electron chi connectivity index (χ4n) is 1.52. The van der Waals surface area contributed by atoms with Crippen molar-refractivity contribution >= 4 is 43.5 Å². The summed E-state index contributed by atoms with van der Waals surface area (Å²) in [4.78, 5) is 10.6. The van der Waals surface area contributed by atoms with Gasteiger partial charge in [-0.2, -0.15) is 4.72 Å². The van der Waals surface area contributed by atoms with Gasteiger partial charge in [-0.25, -0.2) is 8.42 Å². The van der Waals surface area contributed by atoms with Crippen LogP contribution in [0.2, 0.25) is 5.02 Å². The molecule has 1 aromatic carbocycles. The lowest BCUT2D eigenvalue weighted by Gasteiger charge is -2.18. The van der Waals surface area contributed by atoms with Gasteiger partial charge in [0.25, 0.3) is 0 Å². The summed E-state index contributed by atoms with van der Waals surface area (Å²) in [5, 5.41) is 18.4. The number of rotatable bonds is 6. The molecule has 0 aliphatic rings. The highest BCUT2D eigenvalue weighted by molar-refractivity contribution is 9.10. The Labute approximate surface area is 135 Å². The van der Waals surface area contributed by atoms with Crippen molar-refractivity contribution in [2.45, 2.75) is 24.0 Å². The van der Waals surface area contributed by atoms with Gasteiger partial charge in [-0.1, -0.05) is 11.6 Å². The number of halogens is 2. The Hall–Kier alpha value is -0.870. The number of ether oxygens (including phenoxy) is 1. The second kappa shape index (κ2) is 6.93. The first kappa shape index (κ1) is 18.2. The second-order valence-corrected chi connectivity index (χ2v) is 7.07. The van der Waals surface area contributed by atoms with Crippen molar-refractivity contribution < 1.29 is 28.2 Å². The first-order valence-electron chi connectivity index (χ1n) is 5.56. The van der Waals surface area contributed by atoms with Crippen LogP contribution < -0.4 is 9.46 Å². The van der Waals surface area contributed by atoms with Gasteiger partial charge in [0.1, 0.15) is 10.9 Å². The normalized spacial score (nSPS) is 14.5. The lowest BCUT2D eigenvalue weighted by Crippen LogP contribution is -2.47. The maximum Gasteiger partial charge on any atom is 0.324 e. The van der Waals surface area contributed by atoms with Crippen molar-refractivity contribution in [2.75, 3.05) is 7.11 Å². The number of carbonyl (C=O) groups is 1. The van der Waals surface area contributed by atoms with E-state index >= 15 is 0 Å². The molecule has 0 aliphatic heterocycles. The predicted octanol–water partition coefficient (Wildman–Crippen LogP) is 1.22. The molecule has 3 N–H and O–H groups in total. The molecule has 7 nitrogen and oxygen atoms in total. The fraction of sp³-hybridized carbons (Fsp3) is 0.364. The largest absolute Gasteiger partial charge is 0.494 e. The van der Waals surface area contributed by atoms with Gasteiger partial charge >= 0.3 is 5.97 Å². The molecular weight excluding hydrogens is 390 g/mol. The van der Waals surface area contributed by atoms with E-state index in [1.807, 2.05) is 4.72 Å². The highest BCUT2D eigenvalue weighted by Crippen LogP contribution is 2.35. The molecule has 0 bridgehead atoms. The SMILES string of the molecule is COc1c(Br)cc(Cl)cc1S(=O)(=O)N[C@H](C(=O)O)[C@@H](C)O. The lowest BCUT2D eigenvalue weighted by molar-refractivity contribution is -0.141. The number of aliphatic hydroxyl groups is 1. The van der Waals surface area contributed by atoms with Crippen molar-refractivity contribution in [3.8, 4) is 5.75 Å². The highest BCUT2D eigenvalue weighted by Gasteiger charge is 2.31. The summed E-state index contributed by atoms with van der Waals surface area (Å²) in [6.07, 6.45) is -1.43. The van der Waals surface area contributed by atoms with E-state index in [4.69, 9.17) is 21.4 Å². The first-order chi connectivity index (χ1) is 9.60. The van der Waals surface area contributed by atoms with E-state index in [2.05, 4.69) is 15.9 Å². The van der Waals surface area contributed by atoms with E-state index in [1.54, 1.807) is 0 Å². The minimum absolute atomic E-state index is 0.0263. The molecule has 0 aliphatic carbocycles. The van der Waals surface area contributed by atoms with Gasteiger partial charge in [0.2, 0.25) is 10.0 Å². The van der Waals surface area contributed by atoms with E-state index in [9.17, 15) is 18.3 Å². The van der Waals surface area contributed by atoms with Crippen LogP contribution in [0.3, 0.4) is 0 Å². The van der Waals surface area contributed by atoms with Crippen LogP contribution in [0, 0.1) is 0 Å². The molecule has 0 amide bonds. The number of aliphatic carboxylic acids is 1. The smallest absolute Gasteiger partial charge is 0.324 e. The van der Waals surface area contributed by atoms with Gasteiger partial charge in [0.05, 0.1) is 17.7 Å². The maximum absolute atomic E-state index is 12.3. The molecule has 0 unspecified atom stereocenters. The molecule has 0 spiro atoms. The summed E-state index contributed by atoms with van der Waals surface area (Å²) in [6, 6.07) is 0.856. The fourth-order valence-corrected chi connectivity index (χ4v) is 4.17. The summed E-state index contributed by atoms with van der Waals surface area (Å²) in [7, 11) is -3.01. The number of hydrogen-bond donors (Lipinski definition) is 3. The van der Waals surface area contributed by atoms with Crippen molar-refractivity contribution in [3.05, 3.63) is 21.6 Å². The minimum Gasteiger partial charge on any atom is -0.494 e. The molecule has 0 heterocycles. The molecule has 1 aromatic rings. The molecule has 0 radical (unpaired) electrons. The zero-order valence-corrected chi connectivity index (χ0v) is 14.2. The molecule has 21 heavy (non-hydrogen) atoms. The zero-order valence-electron chi connectivity index (χ0n) is 11.0. The molecule has 0 fully saturated rings. The Morgan fingerprint density at radius 1 is 1.48 bits per heavy atom. The van der Waals surface area contributed by atoms with Gasteiger partial charge in [-0.05, 0) is 35.0 Å². The Balaban J connectivity index is 3.34. The first-order valence-corrected chi connectivity index (χ1v) is 8.21. The van der Waals surface area contributed by atoms with Crippen LogP contribution in [0.1, 0.15) is 6.92 Å². The van der Waals surface area contributed by atoms with Crippen LogP contribution >= 0.6 is 27.5 Å².